The van der Waals surface area contributed by atoms with Gasteiger partial charge < -0.3 is 13.7 Å². The van der Waals surface area contributed by atoms with Gasteiger partial charge in [-0.2, -0.15) is 0 Å². The Morgan fingerprint density at radius 2 is 1.67 bits per heavy atom. The second-order valence-corrected chi connectivity index (χ2v) is 4.27. The second kappa shape index (κ2) is 3.06. The van der Waals surface area contributed by atoms with E-state index in [4.69, 9.17) is 13.7 Å². The highest BCUT2D eigenvalue weighted by molar-refractivity contribution is 8.19. The minimum atomic E-state index is -3.55. The highest BCUT2D eigenvalue weighted by Gasteiger charge is 2.17. The van der Waals surface area contributed by atoms with E-state index in [-0.39, 0.29) is 4.90 Å². The molecule has 0 bridgehead atoms. The van der Waals surface area contributed by atoms with Gasteiger partial charge in [0.25, 0.3) is 0 Å². The zero-order valence-corrected chi connectivity index (χ0v) is 7.80. The van der Waals surface area contributed by atoms with Crippen LogP contribution in [-0.4, -0.2) is 13.7 Å². The van der Waals surface area contributed by atoms with Gasteiger partial charge in [-0.3, -0.25) is 0 Å². The van der Waals surface area contributed by atoms with Gasteiger partial charge in [0.2, 0.25) is 0 Å². The molecule has 3 nitrogen and oxygen atoms in total. The van der Waals surface area contributed by atoms with Gasteiger partial charge in [-0.15, -0.1) is 0 Å². The molecule has 0 radical (unpaired) electrons. The molecule has 1 rings (SSSR count). The maximum atomic E-state index is 8.96. The Morgan fingerprint density at radius 1 is 1.08 bits per heavy atom. The van der Waals surface area contributed by atoms with E-state index >= 15 is 0 Å². The first-order valence-electron chi connectivity index (χ1n) is 3.49. The summed E-state index contributed by atoms with van der Waals surface area (Å²) in [6, 6.07) is 5.05. The molecule has 68 valence electrons. The summed E-state index contributed by atoms with van der Waals surface area (Å²) < 4.78 is 26.9. The van der Waals surface area contributed by atoms with Gasteiger partial charge in [0.1, 0.15) is 10.9 Å². The van der Waals surface area contributed by atoms with Gasteiger partial charge in [0, 0.05) is 0 Å². The molecule has 0 saturated carbocycles. The van der Waals surface area contributed by atoms with Crippen molar-refractivity contribution in [2.24, 2.45) is 0 Å². The van der Waals surface area contributed by atoms with Crippen LogP contribution in [0.4, 0.5) is 0 Å². The van der Waals surface area contributed by atoms with Crippen LogP contribution in [0.3, 0.4) is 0 Å². The molecule has 0 atom stereocenters. The molecule has 0 aliphatic carbocycles. The summed E-state index contributed by atoms with van der Waals surface area (Å²) in [5.74, 6) is 0. The van der Waals surface area contributed by atoms with Gasteiger partial charge >= 0.3 is 0 Å². The number of hydrogen-bond donors (Lipinski definition) is 3. The molecule has 0 aliphatic rings. The lowest BCUT2D eigenvalue weighted by Gasteiger charge is -2.21. The Kier molecular flexibility index (Phi) is 2.44. The molecular weight excluding hydrogens is 176 g/mol. The lowest BCUT2D eigenvalue weighted by Crippen LogP contribution is -1.98. The van der Waals surface area contributed by atoms with Crippen LogP contribution < -0.4 is 0 Å². The summed E-state index contributed by atoms with van der Waals surface area (Å²) >= 11 is 0. The fourth-order valence-corrected chi connectivity index (χ4v) is 1.85. The quantitative estimate of drug-likeness (QED) is 0.635. The van der Waals surface area contributed by atoms with Crippen molar-refractivity contribution in [2.45, 2.75) is 18.7 Å². The molecule has 12 heavy (non-hydrogen) atoms. The predicted octanol–water partition coefficient (Wildman–Crippen LogP) is 2.89. The van der Waals surface area contributed by atoms with Crippen molar-refractivity contribution in [1.29, 1.82) is 0 Å². The SMILES string of the molecule is Cc1ccc(S(O)(O)O)c(C)c1. The topological polar surface area (TPSA) is 60.7 Å². The third-order valence-electron chi connectivity index (χ3n) is 1.63. The summed E-state index contributed by atoms with van der Waals surface area (Å²) in [5, 5.41) is 0. The van der Waals surface area contributed by atoms with Crippen LogP contribution in [-0.2, 0) is 0 Å². The molecule has 0 aromatic heterocycles. The van der Waals surface area contributed by atoms with Gasteiger partial charge in [-0.05, 0) is 25.5 Å². The summed E-state index contributed by atoms with van der Waals surface area (Å²) in [6.45, 7) is 3.63. The van der Waals surface area contributed by atoms with Gasteiger partial charge in [-0.25, -0.2) is 0 Å². The fourth-order valence-electron chi connectivity index (χ4n) is 1.11. The lowest BCUT2D eigenvalue weighted by molar-refractivity contribution is 0.375. The first kappa shape index (κ1) is 9.54. The van der Waals surface area contributed by atoms with Gasteiger partial charge in [0.15, 0.2) is 0 Å². The van der Waals surface area contributed by atoms with E-state index in [9.17, 15) is 0 Å². The normalized spacial score (nSPS) is 13.1. The van der Waals surface area contributed by atoms with E-state index in [0.29, 0.717) is 5.56 Å². The molecule has 3 N–H and O–H groups in total. The minimum Gasteiger partial charge on any atom is -0.304 e. The van der Waals surface area contributed by atoms with Crippen LogP contribution in [0.1, 0.15) is 11.1 Å². The van der Waals surface area contributed by atoms with E-state index in [1.165, 1.54) is 6.07 Å². The van der Waals surface area contributed by atoms with E-state index in [1.54, 1.807) is 19.1 Å². The van der Waals surface area contributed by atoms with Crippen LogP contribution >= 0.6 is 10.9 Å². The van der Waals surface area contributed by atoms with E-state index in [2.05, 4.69) is 0 Å². The maximum absolute atomic E-state index is 8.96. The van der Waals surface area contributed by atoms with Crippen molar-refractivity contribution in [3.8, 4) is 0 Å². The first-order chi connectivity index (χ1) is 5.41. The first-order valence-corrected chi connectivity index (χ1v) is 4.99. The van der Waals surface area contributed by atoms with Crippen LogP contribution in [0.5, 0.6) is 0 Å². The van der Waals surface area contributed by atoms with Crippen LogP contribution in [0.25, 0.3) is 0 Å². The summed E-state index contributed by atoms with van der Waals surface area (Å²) in [6.07, 6.45) is 0. The third kappa shape index (κ3) is 1.98. The summed E-state index contributed by atoms with van der Waals surface area (Å²) in [5.41, 5.74) is 1.72. The smallest absolute Gasteiger partial charge is 0.113 e. The number of benzene rings is 1. The molecule has 1 aromatic carbocycles. The number of hydrogen-bond acceptors (Lipinski definition) is 3. The second-order valence-electron chi connectivity index (χ2n) is 2.79. The Hall–Kier alpha value is -0.550. The highest BCUT2D eigenvalue weighted by atomic mass is 32.3. The molecule has 0 aliphatic heterocycles. The van der Waals surface area contributed by atoms with Crippen molar-refractivity contribution >= 4 is 10.9 Å². The molecule has 0 spiro atoms. The number of aryl methyl sites for hydroxylation is 2. The maximum Gasteiger partial charge on any atom is 0.113 e. The average Bonchev–Trinajstić information content (AvgIpc) is 1.83. The molecule has 0 fully saturated rings. The van der Waals surface area contributed by atoms with Crippen molar-refractivity contribution < 1.29 is 13.7 Å². The van der Waals surface area contributed by atoms with Crippen LogP contribution in [0.15, 0.2) is 23.1 Å². The van der Waals surface area contributed by atoms with E-state index in [0.717, 1.165) is 5.56 Å². The Labute approximate surface area is 73.2 Å². The molecule has 0 saturated heterocycles. The Morgan fingerprint density at radius 3 is 2.08 bits per heavy atom. The zero-order valence-electron chi connectivity index (χ0n) is 6.98. The Balaban J connectivity index is 3.19. The third-order valence-corrected chi connectivity index (χ3v) is 2.67. The zero-order chi connectivity index (χ0) is 9.35. The largest absolute Gasteiger partial charge is 0.304 e. The van der Waals surface area contributed by atoms with Crippen molar-refractivity contribution in [1.82, 2.24) is 0 Å². The molecule has 0 unspecified atom stereocenters. The van der Waals surface area contributed by atoms with Gasteiger partial charge in [-0.1, -0.05) is 17.7 Å². The highest BCUT2D eigenvalue weighted by Crippen LogP contribution is 2.45. The molecule has 1 aromatic rings. The molecule has 0 heterocycles. The van der Waals surface area contributed by atoms with E-state index in [1.807, 2.05) is 6.92 Å². The number of rotatable bonds is 1. The van der Waals surface area contributed by atoms with Crippen LogP contribution in [0, 0.1) is 13.8 Å². The minimum absolute atomic E-state index is 0.202. The standard InChI is InChI=1S/C8H12O3S/c1-6-3-4-8(7(2)5-6)12(9,10)11/h3-5,9-11H,1-2H3. The Bertz CT molecular complexity index is 291. The molecular formula is C8H12O3S. The van der Waals surface area contributed by atoms with Gasteiger partial charge in [0.05, 0.1) is 4.90 Å². The van der Waals surface area contributed by atoms with Crippen molar-refractivity contribution in [3.05, 3.63) is 29.3 Å². The lowest BCUT2D eigenvalue weighted by atomic mass is 10.2. The monoisotopic (exact) mass is 188 g/mol. The van der Waals surface area contributed by atoms with Crippen molar-refractivity contribution in [2.75, 3.05) is 0 Å². The van der Waals surface area contributed by atoms with E-state index < -0.39 is 10.9 Å². The molecule has 0 amide bonds. The fraction of sp³-hybridized carbons (Fsp3) is 0.250. The van der Waals surface area contributed by atoms with Crippen LogP contribution in [0.2, 0.25) is 0 Å². The summed E-state index contributed by atoms with van der Waals surface area (Å²) in [4.78, 5) is 0.202. The average molecular weight is 188 g/mol. The molecule has 4 heteroatoms. The summed E-state index contributed by atoms with van der Waals surface area (Å²) in [7, 11) is -3.55. The van der Waals surface area contributed by atoms with Crippen molar-refractivity contribution in [3.63, 3.8) is 0 Å². The predicted molar refractivity (Wildman–Crippen MR) is 49.7 cm³/mol.